The minimum absolute atomic E-state index is 0.0520. The van der Waals surface area contributed by atoms with Gasteiger partial charge in [0.25, 0.3) is 0 Å². The van der Waals surface area contributed by atoms with E-state index in [1.165, 1.54) is 6.42 Å². The highest BCUT2D eigenvalue weighted by Gasteiger charge is 2.30. The zero-order chi connectivity index (χ0) is 14.7. The molecule has 1 heterocycles. The van der Waals surface area contributed by atoms with Crippen LogP contribution in [0.2, 0.25) is 0 Å². The van der Waals surface area contributed by atoms with Gasteiger partial charge in [-0.25, -0.2) is 4.39 Å². The van der Waals surface area contributed by atoms with Crippen molar-refractivity contribution < 1.29 is 4.39 Å². The number of nitrogens with zero attached hydrogens (tertiary/aromatic N) is 1. The van der Waals surface area contributed by atoms with Crippen molar-refractivity contribution in [3.63, 3.8) is 0 Å². The van der Waals surface area contributed by atoms with Crippen LogP contribution in [0.1, 0.15) is 38.8 Å². The van der Waals surface area contributed by atoms with Crippen LogP contribution in [0.15, 0.2) is 24.3 Å². The third kappa shape index (κ3) is 3.39. The molecule has 20 heavy (non-hydrogen) atoms. The van der Waals surface area contributed by atoms with Gasteiger partial charge in [0.1, 0.15) is 5.82 Å². The van der Waals surface area contributed by atoms with Crippen LogP contribution in [-0.4, -0.2) is 31.1 Å². The number of nitrogens with one attached hydrogen (secondary N) is 1. The summed E-state index contributed by atoms with van der Waals surface area (Å²) in [6.07, 6.45) is 1.29. The molecule has 2 rings (SSSR count). The lowest BCUT2D eigenvalue weighted by Gasteiger charge is -2.42. The van der Waals surface area contributed by atoms with Gasteiger partial charge in [0.2, 0.25) is 0 Å². The van der Waals surface area contributed by atoms with Crippen molar-refractivity contribution in [1.82, 2.24) is 10.2 Å². The largest absolute Gasteiger partial charge is 0.312 e. The lowest BCUT2D eigenvalue weighted by atomic mass is 9.85. The molecule has 0 aliphatic carbocycles. The first-order valence-electron chi connectivity index (χ1n) is 7.68. The fourth-order valence-corrected chi connectivity index (χ4v) is 3.41. The number of piperidine rings is 1. The van der Waals surface area contributed by atoms with Crippen LogP contribution in [0.25, 0.3) is 0 Å². The average molecular weight is 278 g/mol. The minimum Gasteiger partial charge on any atom is -0.312 e. The van der Waals surface area contributed by atoms with E-state index in [1.807, 2.05) is 19.2 Å². The Morgan fingerprint density at radius 3 is 2.65 bits per heavy atom. The summed E-state index contributed by atoms with van der Waals surface area (Å²) in [6, 6.07) is 7.71. The van der Waals surface area contributed by atoms with E-state index in [0.717, 1.165) is 24.6 Å². The van der Waals surface area contributed by atoms with Crippen LogP contribution < -0.4 is 5.32 Å². The third-order valence-corrected chi connectivity index (χ3v) is 4.77. The molecule has 1 aromatic rings. The predicted octanol–water partition coefficient (Wildman–Crippen LogP) is 3.45. The maximum absolute atomic E-state index is 14.0. The molecular formula is C17H27FN2. The molecule has 1 aliphatic rings. The highest BCUT2D eigenvalue weighted by molar-refractivity contribution is 5.21. The topological polar surface area (TPSA) is 15.3 Å². The molecule has 1 N–H and O–H groups in total. The molecular weight excluding hydrogens is 251 g/mol. The molecule has 0 saturated carbocycles. The molecule has 1 aliphatic heterocycles. The second-order valence-corrected chi connectivity index (χ2v) is 6.38. The number of hydrogen-bond donors (Lipinski definition) is 1. The highest BCUT2D eigenvalue weighted by Crippen LogP contribution is 2.29. The van der Waals surface area contributed by atoms with E-state index in [1.54, 1.807) is 12.1 Å². The summed E-state index contributed by atoms with van der Waals surface area (Å²) < 4.78 is 14.0. The predicted molar refractivity (Wildman–Crippen MR) is 82.2 cm³/mol. The van der Waals surface area contributed by atoms with Gasteiger partial charge in [-0.1, -0.05) is 32.0 Å². The van der Waals surface area contributed by atoms with Gasteiger partial charge in [-0.2, -0.15) is 0 Å². The summed E-state index contributed by atoms with van der Waals surface area (Å²) in [4.78, 5) is 2.51. The summed E-state index contributed by atoms with van der Waals surface area (Å²) in [5.74, 6) is 1.31. The average Bonchev–Trinajstić information content (AvgIpc) is 2.42. The van der Waals surface area contributed by atoms with Gasteiger partial charge < -0.3 is 5.32 Å². The molecule has 0 spiro atoms. The van der Waals surface area contributed by atoms with Crippen LogP contribution in [-0.2, 0) is 0 Å². The molecule has 1 fully saturated rings. The fraction of sp³-hybridized carbons (Fsp3) is 0.647. The Bertz CT molecular complexity index is 435. The van der Waals surface area contributed by atoms with Crippen molar-refractivity contribution in [2.75, 3.05) is 20.1 Å². The maximum Gasteiger partial charge on any atom is 0.128 e. The zero-order valence-electron chi connectivity index (χ0n) is 13.1. The quantitative estimate of drug-likeness (QED) is 0.907. The number of rotatable bonds is 4. The smallest absolute Gasteiger partial charge is 0.128 e. The minimum atomic E-state index is -0.113. The molecule has 0 radical (unpaired) electrons. The second kappa shape index (κ2) is 6.68. The van der Waals surface area contributed by atoms with Crippen molar-refractivity contribution in [2.24, 2.45) is 11.8 Å². The van der Waals surface area contributed by atoms with Gasteiger partial charge in [-0.3, -0.25) is 4.90 Å². The Morgan fingerprint density at radius 1 is 1.30 bits per heavy atom. The van der Waals surface area contributed by atoms with Gasteiger partial charge in [0.05, 0.1) is 0 Å². The first-order chi connectivity index (χ1) is 9.52. The molecule has 0 amide bonds. The number of likely N-dealkylation sites (N-methyl/N-ethyl adjacent to an activating group) is 1. The number of likely N-dealkylation sites (tertiary alicyclic amines) is 1. The Morgan fingerprint density at radius 2 is 2.00 bits per heavy atom. The highest BCUT2D eigenvalue weighted by atomic mass is 19.1. The molecule has 0 bridgehead atoms. The van der Waals surface area contributed by atoms with Crippen molar-refractivity contribution in [2.45, 2.75) is 39.3 Å². The molecule has 4 atom stereocenters. The van der Waals surface area contributed by atoms with Gasteiger partial charge in [-0.05, 0) is 38.3 Å². The van der Waals surface area contributed by atoms with Crippen molar-refractivity contribution >= 4 is 0 Å². The van der Waals surface area contributed by atoms with E-state index in [9.17, 15) is 4.39 Å². The Balaban J connectivity index is 2.12. The number of halogens is 1. The molecule has 1 saturated heterocycles. The van der Waals surface area contributed by atoms with Crippen LogP contribution in [0.5, 0.6) is 0 Å². The normalized spacial score (nSPS) is 29.4. The van der Waals surface area contributed by atoms with E-state index in [0.29, 0.717) is 12.0 Å². The van der Waals surface area contributed by atoms with Crippen molar-refractivity contribution in [3.05, 3.63) is 35.6 Å². The standard InChI is InChI=1S/C17H27FN2/c1-12-9-13(2)14(3)20(10-12)11-17(19-4)15-7-5-6-8-16(15)18/h5-8,12-14,17,19H,9-11H2,1-4H3. The fourth-order valence-electron chi connectivity index (χ4n) is 3.41. The van der Waals surface area contributed by atoms with Crippen molar-refractivity contribution in [1.29, 1.82) is 0 Å². The monoisotopic (exact) mass is 278 g/mol. The van der Waals surface area contributed by atoms with Crippen molar-refractivity contribution in [3.8, 4) is 0 Å². The SMILES string of the molecule is CNC(CN1CC(C)CC(C)C1C)c1ccccc1F. The van der Waals surface area contributed by atoms with E-state index in [2.05, 4.69) is 31.0 Å². The van der Waals surface area contributed by atoms with Crippen LogP contribution in [0.4, 0.5) is 4.39 Å². The summed E-state index contributed by atoms with van der Waals surface area (Å²) in [5.41, 5.74) is 0.771. The second-order valence-electron chi connectivity index (χ2n) is 6.38. The molecule has 0 aromatic heterocycles. The lowest BCUT2D eigenvalue weighted by molar-refractivity contribution is 0.0706. The first kappa shape index (κ1) is 15.5. The van der Waals surface area contributed by atoms with Gasteiger partial charge in [-0.15, -0.1) is 0 Å². The Hall–Kier alpha value is -0.930. The van der Waals surface area contributed by atoms with Crippen LogP contribution in [0, 0.1) is 17.7 Å². The van der Waals surface area contributed by atoms with E-state index in [4.69, 9.17) is 0 Å². The number of benzene rings is 1. The van der Waals surface area contributed by atoms with Crippen LogP contribution >= 0.6 is 0 Å². The Labute approximate surface area is 122 Å². The third-order valence-electron chi connectivity index (χ3n) is 4.77. The summed E-state index contributed by atoms with van der Waals surface area (Å²) in [7, 11) is 1.92. The van der Waals surface area contributed by atoms with E-state index >= 15 is 0 Å². The maximum atomic E-state index is 14.0. The van der Waals surface area contributed by atoms with Gasteiger partial charge in [0.15, 0.2) is 0 Å². The molecule has 4 unspecified atom stereocenters. The molecule has 2 nitrogen and oxygen atoms in total. The van der Waals surface area contributed by atoms with E-state index in [-0.39, 0.29) is 11.9 Å². The summed E-state index contributed by atoms with van der Waals surface area (Å²) >= 11 is 0. The van der Waals surface area contributed by atoms with Crippen LogP contribution in [0.3, 0.4) is 0 Å². The van der Waals surface area contributed by atoms with Gasteiger partial charge in [0, 0.05) is 30.7 Å². The summed E-state index contributed by atoms with van der Waals surface area (Å²) in [5, 5.41) is 3.28. The first-order valence-corrected chi connectivity index (χ1v) is 7.68. The zero-order valence-corrected chi connectivity index (χ0v) is 13.1. The lowest BCUT2D eigenvalue weighted by Crippen LogP contribution is -2.48. The summed E-state index contributed by atoms with van der Waals surface area (Å²) in [6.45, 7) is 8.91. The number of hydrogen-bond acceptors (Lipinski definition) is 2. The molecule has 1 aromatic carbocycles. The Kier molecular flexibility index (Phi) is 5.17. The van der Waals surface area contributed by atoms with Gasteiger partial charge >= 0.3 is 0 Å². The molecule has 112 valence electrons. The van der Waals surface area contributed by atoms with E-state index < -0.39 is 0 Å². The molecule has 3 heteroatoms.